The molecular formula is C25H22N2O8. The summed E-state index contributed by atoms with van der Waals surface area (Å²) in [5, 5.41) is 0. The summed E-state index contributed by atoms with van der Waals surface area (Å²) in [5.74, 6) is -0.506. The van der Waals surface area contributed by atoms with Crippen molar-refractivity contribution in [2.24, 2.45) is 0 Å². The number of hydrogen-bond acceptors (Lipinski definition) is 8. The Kier molecular flexibility index (Phi) is 6.28. The number of hydrogen-bond donors (Lipinski definition) is 0. The molecule has 4 rings (SSSR count). The summed E-state index contributed by atoms with van der Waals surface area (Å²) in [4.78, 5) is 50.8. The van der Waals surface area contributed by atoms with Gasteiger partial charge in [0.2, 0.25) is 0 Å². The zero-order chi connectivity index (χ0) is 25.3. The lowest BCUT2D eigenvalue weighted by molar-refractivity contribution is -0.121. The number of methoxy groups -OCH3 is 4. The maximum atomic E-state index is 12.2. The molecule has 0 aromatic heterocycles. The topological polar surface area (TPSA) is 112 Å². The minimum Gasteiger partial charge on any atom is -0.496 e. The van der Waals surface area contributed by atoms with Crippen LogP contribution < -0.4 is 28.7 Å². The number of ether oxygens (including phenoxy) is 4. The maximum absolute atomic E-state index is 12.2. The molecule has 10 nitrogen and oxygen atoms in total. The van der Waals surface area contributed by atoms with Crippen LogP contribution >= 0.6 is 0 Å². The predicted molar refractivity (Wildman–Crippen MR) is 125 cm³/mol. The molecule has 0 bridgehead atoms. The van der Waals surface area contributed by atoms with Crippen LogP contribution in [0.25, 0.3) is 0 Å². The second-order valence-corrected chi connectivity index (χ2v) is 7.54. The molecule has 0 fully saturated rings. The summed E-state index contributed by atoms with van der Waals surface area (Å²) in [5.41, 5.74) is 1.85. The Bertz CT molecular complexity index is 1180. The first kappa shape index (κ1) is 23.6. The number of carbonyl (C=O) groups is 4. The minimum atomic E-state index is -0.481. The maximum Gasteiger partial charge on any atom is 0.258 e. The molecular weight excluding hydrogens is 456 g/mol. The van der Waals surface area contributed by atoms with Crippen LogP contribution in [0, 0.1) is 0 Å². The van der Waals surface area contributed by atoms with E-state index in [1.165, 1.54) is 52.7 Å². The van der Waals surface area contributed by atoms with Gasteiger partial charge in [0.15, 0.2) is 0 Å². The number of benzene rings is 2. The van der Waals surface area contributed by atoms with Crippen molar-refractivity contribution in [2.45, 2.75) is 6.42 Å². The van der Waals surface area contributed by atoms with E-state index >= 15 is 0 Å². The van der Waals surface area contributed by atoms with Crippen LogP contribution in [-0.4, -0.2) is 52.1 Å². The van der Waals surface area contributed by atoms with Crippen molar-refractivity contribution in [2.75, 3.05) is 38.2 Å². The molecule has 0 saturated heterocycles. The highest BCUT2D eigenvalue weighted by Gasteiger charge is 2.31. The van der Waals surface area contributed by atoms with Crippen molar-refractivity contribution in [3.05, 3.63) is 59.7 Å². The van der Waals surface area contributed by atoms with Crippen LogP contribution in [0.4, 0.5) is 11.4 Å². The third-order valence-corrected chi connectivity index (χ3v) is 5.65. The van der Waals surface area contributed by atoms with Gasteiger partial charge in [-0.15, -0.1) is 0 Å². The van der Waals surface area contributed by atoms with Crippen molar-refractivity contribution >= 4 is 35.0 Å². The molecule has 2 aromatic carbocycles. The lowest BCUT2D eigenvalue weighted by Crippen LogP contribution is -2.30. The van der Waals surface area contributed by atoms with E-state index in [1.807, 2.05) is 0 Å². The van der Waals surface area contributed by atoms with Crippen LogP contribution in [0.15, 0.2) is 48.6 Å². The van der Waals surface area contributed by atoms with Gasteiger partial charge in [0.1, 0.15) is 23.0 Å². The second-order valence-electron chi connectivity index (χ2n) is 7.54. The first-order valence-corrected chi connectivity index (χ1v) is 10.4. The van der Waals surface area contributed by atoms with E-state index in [-0.39, 0.29) is 17.8 Å². The van der Waals surface area contributed by atoms with Crippen molar-refractivity contribution < 1.29 is 38.1 Å². The third kappa shape index (κ3) is 4.10. The number of carbonyl (C=O) groups excluding carboxylic acids is 4. The Labute approximate surface area is 200 Å². The zero-order valence-corrected chi connectivity index (χ0v) is 19.5. The third-order valence-electron chi connectivity index (χ3n) is 5.65. The molecule has 2 heterocycles. The Balaban J connectivity index is 1.77. The molecule has 2 aliphatic rings. The minimum absolute atomic E-state index is 0.256. The van der Waals surface area contributed by atoms with Crippen LogP contribution in [0.2, 0.25) is 0 Å². The van der Waals surface area contributed by atoms with Gasteiger partial charge in [0, 0.05) is 54.0 Å². The molecule has 10 heteroatoms. The van der Waals surface area contributed by atoms with Crippen molar-refractivity contribution in [1.82, 2.24) is 0 Å². The number of amides is 4. The van der Waals surface area contributed by atoms with Crippen LogP contribution in [0.3, 0.4) is 0 Å². The van der Waals surface area contributed by atoms with E-state index < -0.39 is 23.6 Å². The molecule has 180 valence electrons. The van der Waals surface area contributed by atoms with E-state index in [4.69, 9.17) is 18.9 Å². The predicted octanol–water partition coefficient (Wildman–Crippen LogP) is 2.17. The van der Waals surface area contributed by atoms with Gasteiger partial charge in [0.05, 0.1) is 39.8 Å². The van der Waals surface area contributed by atoms with Gasteiger partial charge in [0.25, 0.3) is 23.6 Å². The van der Waals surface area contributed by atoms with E-state index in [1.54, 1.807) is 24.3 Å². The average molecular weight is 478 g/mol. The van der Waals surface area contributed by atoms with Gasteiger partial charge in [-0.2, -0.15) is 0 Å². The quantitative estimate of drug-likeness (QED) is 0.531. The normalized spacial score (nSPS) is 14.9. The highest BCUT2D eigenvalue weighted by molar-refractivity contribution is 6.29. The Hall–Kier alpha value is -4.60. The van der Waals surface area contributed by atoms with Crippen molar-refractivity contribution in [3.63, 3.8) is 0 Å². The van der Waals surface area contributed by atoms with Gasteiger partial charge >= 0.3 is 0 Å². The van der Waals surface area contributed by atoms with Crippen LogP contribution in [0.1, 0.15) is 11.1 Å². The Morgan fingerprint density at radius 1 is 0.514 bits per heavy atom. The first-order chi connectivity index (χ1) is 16.8. The lowest BCUT2D eigenvalue weighted by Gasteiger charge is -2.22. The van der Waals surface area contributed by atoms with E-state index in [0.717, 1.165) is 9.80 Å². The van der Waals surface area contributed by atoms with Gasteiger partial charge in [-0.25, -0.2) is 9.80 Å². The molecule has 0 radical (unpaired) electrons. The van der Waals surface area contributed by atoms with Crippen LogP contribution in [0.5, 0.6) is 23.0 Å². The molecule has 2 aliphatic heterocycles. The summed E-state index contributed by atoms with van der Waals surface area (Å²) >= 11 is 0. The second kappa shape index (κ2) is 9.34. The fourth-order valence-electron chi connectivity index (χ4n) is 4.00. The van der Waals surface area contributed by atoms with Gasteiger partial charge in [-0.05, 0) is 12.1 Å². The summed E-state index contributed by atoms with van der Waals surface area (Å²) in [6.07, 6.45) is 5.02. The molecule has 0 saturated carbocycles. The average Bonchev–Trinajstić information content (AvgIpc) is 3.37. The highest BCUT2D eigenvalue weighted by atomic mass is 16.5. The summed E-state index contributed by atoms with van der Waals surface area (Å²) in [6.45, 7) is 0. The molecule has 2 aromatic rings. The van der Waals surface area contributed by atoms with E-state index in [9.17, 15) is 19.2 Å². The fourth-order valence-corrected chi connectivity index (χ4v) is 4.00. The monoisotopic (exact) mass is 478 g/mol. The summed E-state index contributed by atoms with van der Waals surface area (Å²) in [7, 11) is 5.81. The molecule has 0 aliphatic carbocycles. The van der Waals surface area contributed by atoms with Crippen LogP contribution in [-0.2, 0) is 25.6 Å². The summed E-state index contributed by atoms with van der Waals surface area (Å²) < 4.78 is 22.0. The smallest absolute Gasteiger partial charge is 0.258 e. The van der Waals surface area contributed by atoms with Crippen molar-refractivity contribution in [1.29, 1.82) is 0 Å². The number of rotatable bonds is 8. The number of anilines is 2. The van der Waals surface area contributed by atoms with Gasteiger partial charge in [-0.3, -0.25) is 19.2 Å². The van der Waals surface area contributed by atoms with E-state index in [2.05, 4.69) is 0 Å². The SMILES string of the molecule is COc1cc(N2C(=O)C=CC2=O)c(OC)cc1Cc1cc(OC)c(N2C(=O)C=CC2=O)cc1OC. The van der Waals surface area contributed by atoms with Crippen molar-refractivity contribution in [3.8, 4) is 23.0 Å². The number of imide groups is 2. The van der Waals surface area contributed by atoms with Gasteiger partial charge < -0.3 is 18.9 Å². The lowest BCUT2D eigenvalue weighted by atomic mass is 10.0. The van der Waals surface area contributed by atoms with E-state index in [0.29, 0.717) is 34.1 Å². The molecule has 35 heavy (non-hydrogen) atoms. The Morgan fingerprint density at radius 3 is 1.11 bits per heavy atom. The molecule has 4 amide bonds. The summed E-state index contributed by atoms with van der Waals surface area (Å²) in [6, 6.07) is 6.46. The molecule has 0 spiro atoms. The standard InChI is InChI=1S/C25H22N2O8/c1-32-18-12-16(26-22(28)5-6-23(26)29)20(34-3)10-14(18)9-15-11-21(35-4)17(13-19(15)33-2)27-24(30)7-8-25(27)31/h5-8,10-13H,9H2,1-4H3. The molecule has 0 unspecified atom stereocenters. The largest absolute Gasteiger partial charge is 0.496 e. The molecule has 0 N–H and O–H groups in total. The zero-order valence-electron chi connectivity index (χ0n) is 19.5. The molecule has 0 atom stereocenters. The number of nitrogens with zero attached hydrogens (tertiary/aromatic N) is 2. The van der Waals surface area contributed by atoms with Gasteiger partial charge in [-0.1, -0.05) is 0 Å². The first-order valence-electron chi connectivity index (χ1n) is 10.4. The fraction of sp³-hybridized carbons (Fsp3) is 0.200. The Morgan fingerprint density at radius 2 is 0.829 bits per heavy atom. The highest BCUT2D eigenvalue weighted by Crippen LogP contribution is 2.41.